The standard InChI is InChI=1S/C23H27F3N4O4S/c1-23(2,3)34-22(31)28-11-8-27(9-12-28)10-13-29-19-6-4-5-7-20(19)30(35(29,32)33)21-17(25)14-16(24)15-18(21)26/h4-7,14-15H,8-13H2,1-3H3. The summed E-state index contributed by atoms with van der Waals surface area (Å²) in [5.41, 5.74) is -1.11. The van der Waals surface area contributed by atoms with Gasteiger partial charge in [-0.25, -0.2) is 26.6 Å². The summed E-state index contributed by atoms with van der Waals surface area (Å²) in [5, 5.41) is 0. The number of fused-ring (bicyclic) bond motifs is 1. The van der Waals surface area contributed by atoms with Crippen LogP contribution >= 0.6 is 0 Å². The Balaban J connectivity index is 1.50. The van der Waals surface area contributed by atoms with Crippen LogP contribution in [0.5, 0.6) is 0 Å². The van der Waals surface area contributed by atoms with Crippen LogP contribution in [0.2, 0.25) is 0 Å². The summed E-state index contributed by atoms with van der Waals surface area (Å²) >= 11 is 0. The minimum Gasteiger partial charge on any atom is -0.444 e. The number of para-hydroxylation sites is 2. The van der Waals surface area contributed by atoms with Gasteiger partial charge in [0.25, 0.3) is 0 Å². The van der Waals surface area contributed by atoms with Crippen LogP contribution in [0.3, 0.4) is 0 Å². The first-order chi connectivity index (χ1) is 16.4. The van der Waals surface area contributed by atoms with Crippen molar-refractivity contribution in [1.82, 2.24) is 9.80 Å². The molecule has 35 heavy (non-hydrogen) atoms. The predicted octanol–water partition coefficient (Wildman–Crippen LogP) is 3.86. The van der Waals surface area contributed by atoms with Crippen molar-refractivity contribution in [2.75, 3.05) is 47.9 Å². The van der Waals surface area contributed by atoms with E-state index in [4.69, 9.17) is 4.74 Å². The van der Waals surface area contributed by atoms with Gasteiger partial charge in [-0.05, 0) is 32.9 Å². The van der Waals surface area contributed by atoms with E-state index in [1.807, 2.05) is 4.90 Å². The highest BCUT2D eigenvalue weighted by Crippen LogP contribution is 2.46. The fraction of sp³-hybridized carbons (Fsp3) is 0.435. The Morgan fingerprint density at radius 2 is 1.51 bits per heavy atom. The lowest BCUT2D eigenvalue weighted by atomic mass is 10.2. The number of ether oxygens (including phenoxy) is 1. The molecule has 0 saturated carbocycles. The smallest absolute Gasteiger partial charge is 0.410 e. The average molecular weight is 513 g/mol. The molecule has 2 heterocycles. The van der Waals surface area contributed by atoms with Gasteiger partial charge in [0, 0.05) is 51.4 Å². The highest BCUT2D eigenvalue weighted by atomic mass is 32.2. The maximum absolute atomic E-state index is 14.6. The lowest BCUT2D eigenvalue weighted by Crippen LogP contribution is -2.51. The summed E-state index contributed by atoms with van der Waals surface area (Å²) in [7, 11) is -4.39. The van der Waals surface area contributed by atoms with E-state index >= 15 is 0 Å². The zero-order valence-corrected chi connectivity index (χ0v) is 20.5. The molecule has 0 unspecified atom stereocenters. The van der Waals surface area contributed by atoms with Crippen molar-refractivity contribution in [2.24, 2.45) is 0 Å². The van der Waals surface area contributed by atoms with Gasteiger partial charge >= 0.3 is 16.3 Å². The molecule has 0 radical (unpaired) electrons. The van der Waals surface area contributed by atoms with Crippen LogP contribution in [0.15, 0.2) is 36.4 Å². The number of amides is 1. The van der Waals surface area contributed by atoms with Gasteiger partial charge in [0.1, 0.15) is 17.1 Å². The SMILES string of the molecule is CC(C)(C)OC(=O)N1CCN(CCN2c3ccccc3N(c3c(F)cc(F)cc3F)S2(=O)=O)CC1. The van der Waals surface area contributed by atoms with Gasteiger partial charge in [-0.15, -0.1) is 0 Å². The van der Waals surface area contributed by atoms with Crippen molar-refractivity contribution in [3.05, 3.63) is 53.8 Å². The molecule has 0 atom stereocenters. The molecule has 2 aliphatic heterocycles. The molecule has 2 aromatic rings. The molecule has 4 rings (SSSR count). The monoisotopic (exact) mass is 512 g/mol. The van der Waals surface area contributed by atoms with E-state index in [0.717, 1.165) is 4.31 Å². The zero-order chi connectivity index (χ0) is 25.5. The third kappa shape index (κ3) is 5.03. The van der Waals surface area contributed by atoms with Gasteiger partial charge in [0.2, 0.25) is 0 Å². The molecule has 1 amide bonds. The second-order valence-corrected chi connectivity index (χ2v) is 11.1. The van der Waals surface area contributed by atoms with E-state index in [2.05, 4.69) is 0 Å². The molecule has 1 fully saturated rings. The summed E-state index contributed by atoms with van der Waals surface area (Å²) in [6.07, 6.45) is -0.396. The van der Waals surface area contributed by atoms with Gasteiger partial charge in [0.15, 0.2) is 11.6 Å². The lowest BCUT2D eigenvalue weighted by molar-refractivity contribution is 0.0148. The molecule has 0 aliphatic carbocycles. The molecule has 190 valence electrons. The molecule has 0 N–H and O–H groups in total. The number of nitrogens with zero attached hydrogens (tertiary/aromatic N) is 4. The summed E-state index contributed by atoms with van der Waals surface area (Å²) in [6, 6.07) is 7.07. The van der Waals surface area contributed by atoms with Crippen LogP contribution in [0, 0.1) is 17.5 Å². The van der Waals surface area contributed by atoms with Crippen LogP contribution in [0.25, 0.3) is 0 Å². The van der Waals surface area contributed by atoms with E-state index in [0.29, 0.717) is 49.2 Å². The number of carbonyl (C=O) groups is 1. The van der Waals surface area contributed by atoms with Gasteiger partial charge in [-0.2, -0.15) is 8.42 Å². The number of hydrogen-bond donors (Lipinski definition) is 0. The second kappa shape index (κ2) is 9.23. The molecule has 2 aromatic carbocycles. The molecular weight excluding hydrogens is 485 g/mol. The number of halogens is 3. The predicted molar refractivity (Wildman–Crippen MR) is 125 cm³/mol. The molecular formula is C23H27F3N4O4S. The van der Waals surface area contributed by atoms with Gasteiger partial charge < -0.3 is 9.64 Å². The van der Waals surface area contributed by atoms with Gasteiger partial charge in [-0.3, -0.25) is 4.90 Å². The zero-order valence-electron chi connectivity index (χ0n) is 19.7. The number of piperazine rings is 1. The third-order valence-corrected chi connectivity index (χ3v) is 7.48. The topological polar surface area (TPSA) is 73.4 Å². The van der Waals surface area contributed by atoms with Crippen LogP contribution in [-0.4, -0.2) is 69.2 Å². The number of benzene rings is 2. The van der Waals surface area contributed by atoms with E-state index in [9.17, 15) is 26.4 Å². The highest BCUT2D eigenvalue weighted by Gasteiger charge is 2.43. The molecule has 12 heteroatoms. The molecule has 8 nitrogen and oxygen atoms in total. The van der Waals surface area contributed by atoms with Crippen molar-refractivity contribution in [3.63, 3.8) is 0 Å². The highest BCUT2D eigenvalue weighted by molar-refractivity contribution is 7.95. The first-order valence-electron chi connectivity index (χ1n) is 11.2. The third-order valence-electron chi connectivity index (χ3n) is 5.71. The first-order valence-corrected chi connectivity index (χ1v) is 12.5. The Hall–Kier alpha value is -2.99. The summed E-state index contributed by atoms with van der Waals surface area (Å²) in [5.74, 6) is -3.78. The van der Waals surface area contributed by atoms with Crippen LogP contribution in [0.4, 0.5) is 35.0 Å². The van der Waals surface area contributed by atoms with Crippen LogP contribution < -0.4 is 8.61 Å². The lowest BCUT2D eigenvalue weighted by Gasteiger charge is -2.36. The second-order valence-electron chi connectivity index (χ2n) is 9.36. The van der Waals surface area contributed by atoms with Crippen molar-refractivity contribution >= 4 is 33.4 Å². The van der Waals surface area contributed by atoms with Crippen LogP contribution in [0.1, 0.15) is 20.8 Å². The average Bonchev–Trinajstić information content (AvgIpc) is 2.97. The summed E-state index contributed by atoms with van der Waals surface area (Å²) in [6.45, 7) is 7.62. The van der Waals surface area contributed by atoms with Crippen molar-refractivity contribution < 1.29 is 31.1 Å². The molecule has 1 saturated heterocycles. The maximum Gasteiger partial charge on any atom is 0.410 e. The summed E-state index contributed by atoms with van der Waals surface area (Å²) < 4.78 is 76.5. The Morgan fingerprint density at radius 3 is 2.09 bits per heavy atom. The number of anilines is 3. The number of hydrogen-bond acceptors (Lipinski definition) is 5. The number of carbonyl (C=O) groups excluding carboxylic acids is 1. The maximum atomic E-state index is 14.6. The van der Waals surface area contributed by atoms with Gasteiger partial charge in [-0.1, -0.05) is 12.1 Å². The summed E-state index contributed by atoms with van der Waals surface area (Å²) in [4.78, 5) is 15.9. The van der Waals surface area contributed by atoms with Gasteiger partial charge in [0.05, 0.1) is 11.4 Å². The quantitative estimate of drug-likeness (QED) is 0.622. The van der Waals surface area contributed by atoms with E-state index in [-0.39, 0.29) is 17.9 Å². The van der Waals surface area contributed by atoms with Crippen molar-refractivity contribution in [2.45, 2.75) is 26.4 Å². The Kier molecular flexibility index (Phi) is 6.62. The Labute approximate surface area is 202 Å². The Morgan fingerprint density at radius 1 is 0.943 bits per heavy atom. The minimum absolute atomic E-state index is 0.0206. The Bertz CT molecular complexity index is 1200. The molecule has 2 aliphatic rings. The van der Waals surface area contributed by atoms with E-state index in [1.54, 1.807) is 43.9 Å². The van der Waals surface area contributed by atoms with Crippen molar-refractivity contribution in [1.29, 1.82) is 0 Å². The van der Waals surface area contributed by atoms with E-state index in [1.165, 1.54) is 6.07 Å². The largest absolute Gasteiger partial charge is 0.444 e. The minimum atomic E-state index is -4.39. The van der Waals surface area contributed by atoms with Crippen molar-refractivity contribution in [3.8, 4) is 0 Å². The molecule has 0 bridgehead atoms. The fourth-order valence-electron chi connectivity index (χ4n) is 4.11. The molecule has 0 spiro atoms. The van der Waals surface area contributed by atoms with E-state index < -0.39 is 45.0 Å². The molecule has 0 aromatic heterocycles. The number of rotatable bonds is 4. The first kappa shape index (κ1) is 25.1. The fourth-order valence-corrected chi connectivity index (χ4v) is 5.83. The van der Waals surface area contributed by atoms with Crippen LogP contribution in [-0.2, 0) is 14.9 Å². The normalized spacial score (nSPS) is 18.1.